The van der Waals surface area contributed by atoms with Crippen LogP contribution >= 0.6 is 23.2 Å². The summed E-state index contributed by atoms with van der Waals surface area (Å²) in [5.41, 5.74) is 2.11. The average molecular weight is 547 g/mol. The molecule has 0 radical (unpaired) electrons. The maximum Gasteiger partial charge on any atom is 0.242 e. The second-order valence-electron chi connectivity index (χ2n) is 11.2. The smallest absolute Gasteiger partial charge is 0.242 e. The third-order valence-corrected chi connectivity index (χ3v) is 7.86. The minimum atomic E-state index is -1.08. The Morgan fingerprint density at radius 2 is 1.76 bits per heavy atom. The number of halogens is 2. The van der Waals surface area contributed by atoms with Crippen molar-refractivity contribution in [2.45, 2.75) is 50.6 Å². The van der Waals surface area contributed by atoms with Gasteiger partial charge in [-0.15, -0.1) is 0 Å². The van der Waals surface area contributed by atoms with Gasteiger partial charge in [0.2, 0.25) is 11.8 Å². The molecular formula is C30H28Cl2N4O2. The number of nitriles is 1. The number of fused-ring (bicyclic) bond motifs is 2. The Morgan fingerprint density at radius 3 is 2.42 bits per heavy atom. The molecule has 194 valence electrons. The normalized spacial score (nSPS) is 24.1. The van der Waals surface area contributed by atoms with Gasteiger partial charge in [0.05, 0.1) is 17.7 Å². The molecule has 38 heavy (non-hydrogen) atoms. The highest BCUT2D eigenvalue weighted by Crippen LogP contribution is 2.56. The van der Waals surface area contributed by atoms with E-state index in [-0.39, 0.29) is 23.3 Å². The molecule has 1 saturated heterocycles. The van der Waals surface area contributed by atoms with Gasteiger partial charge in [0.25, 0.3) is 0 Å². The van der Waals surface area contributed by atoms with Gasteiger partial charge in [-0.25, -0.2) is 0 Å². The number of hydrogen-bond acceptors (Lipinski definition) is 4. The second kappa shape index (κ2) is 9.74. The van der Waals surface area contributed by atoms with Crippen LogP contribution in [-0.2, 0) is 15.0 Å². The van der Waals surface area contributed by atoms with E-state index in [1.54, 1.807) is 42.5 Å². The summed E-state index contributed by atoms with van der Waals surface area (Å²) in [6.07, 6.45) is 0.639. The maximum atomic E-state index is 14.1. The number of hydrogen-bond donors (Lipinski definition) is 3. The molecule has 0 saturated carbocycles. The fraction of sp³-hybridized carbons (Fsp3) is 0.300. The zero-order valence-electron chi connectivity index (χ0n) is 21.3. The molecule has 3 aromatic rings. The number of anilines is 2. The molecular weight excluding hydrogens is 519 g/mol. The highest BCUT2D eigenvalue weighted by atomic mass is 35.5. The van der Waals surface area contributed by atoms with Crippen LogP contribution in [-0.4, -0.2) is 23.9 Å². The predicted octanol–water partition coefficient (Wildman–Crippen LogP) is 6.25. The number of carbonyl (C=O) groups excluding carboxylic acids is 2. The predicted molar refractivity (Wildman–Crippen MR) is 151 cm³/mol. The highest BCUT2D eigenvalue weighted by Gasteiger charge is 2.65. The number of nitrogens with one attached hydrogen (secondary N) is 3. The Balaban J connectivity index is 1.68. The number of amides is 2. The van der Waals surface area contributed by atoms with Gasteiger partial charge >= 0.3 is 0 Å². The monoisotopic (exact) mass is 546 g/mol. The summed E-state index contributed by atoms with van der Waals surface area (Å²) >= 11 is 12.7. The van der Waals surface area contributed by atoms with Crippen molar-refractivity contribution in [3.63, 3.8) is 0 Å². The Kier molecular flexibility index (Phi) is 6.73. The van der Waals surface area contributed by atoms with Crippen LogP contribution in [0.15, 0.2) is 66.7 Å². The Morgan fingerprint density at radius 1 is 1.05 bits per heavy atom. The van der Waals surface area contributed by atoms with Crippen molar-refractivity contribution in [1.82, 2.24) is 5.32 Å². The summed E-state index contributed by atoms with van der Waals surface area (Å²) < 4.78 is 0. The van der Waals surface area contributed by atoms with Crippen LogP contribution in [0.25, 0.3) is 0 Å². The van der Waals surface area contributed by atoms with Crippen molar-refractivity contribution in [1.29, 1.82) is 5.26 Å². The second-order valence-corrected chi connectivity index (χ2v) is 12.1. The highest BCUT2D eigenvalue weighted by molar-refractivity contribution is 6.31. The van der Waals surface area contributed by atoms with Crippen molar-refractivity contribution in [3.8, 4) is 6.07 Å². The van der Waals surface area contributed by atoms with Gasteiger partial charge in [-0.2, -0.15) is 5.26 Å². The number of rotatable bonds is 4. The molecule has 2 aliphatic rings. The maximum absolute atomic E-state index is 14.1. The van der Waals surface area contributed by atoms with E-state index in [0.29, 0.717) is 33.4 Å². The Labute approximate surface area is 232 Å². The lowest BCUT2D eigenvalue weighted by Gasteiger charge is -2.37. The van der Waals surface area contributed by atoms with E-state index in [9.17, 15) is 9.59 Å². The largest absolute Gasteiger partial charge is 0.325 e. The van der Waals surface area contributed by atoms with Crippen LogP contribution in [0.1, 0.15) is 49.8 Å². The molecule has 3 N–H and O–H groups in total. The first-order valence-electron chi connectivity index (χ1n) is 12.5. The first kappa shape index (κ1) is 26.2. The molecule has 0 bridgehead atoms. The lowest BCUT2D eigenvalue weighted by Crippen LogP contribution is -2.49. The van der Waals surface area contributed by atoms with Crippen molar-refractivity contribution in [3.05, 3.63) is 93.5 Å². The number of carbonyl (C=O) groups is 2. The summed E-state index contributed by atoms with van der Waals surface area (Å²) in [5, 5.41) is 19.8. The first-order valence-corrected chi connectivity index (χ1v) is 13.2. The van der Waals surface area contributed by atoms with Crippen LogP contribution in [0.3, 0.4) is 0 Å². The number of benzene rings is 3. The van der Waals surface area contributed by atoms with Gasteiger partial charge in [-0.3, -0.25) is 9.59 Å². The van der Waals surface area contributed by atoms with E-state index < -0.39 is 17.4 Å². The molecule has 2 amide bonds. The van der Waals surface area contributed by atoms with Gasteiger partial charge in [0, 0.05) is 33.4 Å². The molecule has 2 aliphatic heterocycles. The SMILES string of the molecule is CC(C)(C)C[C@@H]1N[C@@H](C(=O)Nc2ccc(C#N)cc2)[C@H](c2cccc(Cl)c2)[C@]12C(=O)Nc1cc(Cl)ccc12. The van der Waals surface area contributed by atoms with E-state index in [1.807, 2.05) is 24.3 Å². The zero-order chi connectivity index (χ0) is 27.2. The van der Waals surface area contributed by atoms with Crippen molar-refractivity contribution in [2.24, 2.45) is 5.41 Å². The van der Waals surface area contributed by atoms with Crippen LogP contribution in [0.2, 0.25) is 10.0 Å². The molecule has 0 aromatic heterocycles. The van der Waals surface area contributed by atoms with Crippen LogP contribution in [0.5, 0.6) is 0 Å². The molecule has 0 aliphatic carbocycles. The lowest BCUT2D eigenvalue weighted by molar-refractivity contribution is -0.122. The van der Waals surface area contributed by atoms with Crippen molar-refractivity contribution >= 4 is 46.4 Å². The molecule has 1 spiro atoms. The summed E-state index contributed by atoms with van der Waals surface area (Å²) in [7, 11) is 0. The molecule has 1 fully saturated rings. The van der Waals surface area contributed by atoms with E-state index in [4.69, 9.17) is 28.5 Å². The lowest BCUT2D eigenvalue weighted by atomic mass is 9.62. The third kappa shape index (κ3) is 4.56. The van der Waals surface area contributed by atoms with Gasteiger partial charge in [0.1, 0.15) is 5.41 Å². The fourth-order valence-corrected chi connectivity index (χ4v) is 6.34. The molecule has 6 nitrogen and oxygen atoms in total. The summed E-state index contributed by atoms with van der Waals surface area (Å²) in [5.74, 6) is -1.00. The molecule has 5 rings (SSSR count). The first-order chi connectivity index (χ1) is 18.0. The summed E-state index contributed by atoms with van der Waals surface area (Å²) in [4.78, 5) is 28.1. The van der Waals surface area contributed by atoms with E-state index in [1.165, 1.54) is 0 Å². The van der Waals surface area contributed by atoms with E-state index >= 15 is 0 Å². The average Bonchev–Trinajstić information content (AvgIpc) is 3.33. The standard InChI is InChI=1S/C30H28Cl2N4O2/c1-29(2,3)15-24-30(22-12-9-20(32)14-23(22)35-28(30)38)25(18-5-4-6-19(31)13-18)26(36-24)27(37)34-21-10-7-17(16-33)8-11-21/h4-14,24-26,36H,15H2,1-3H3,(H,34,37)(H,35,38)/t24-,25-,26+,30+/m0/s1. The topological polar surface area (TPSA) is 94.0 Å². The van der Waals surface area contributed by atoms with E-state index in [2.05, 4.69) is 42.8 Å². The van der Waals surface area contributed by atoms with Crippen LogP contribution < -0.4 is 16.0 Å². The van der Waals surface area contributed by atoms with Gasteiger partial charge in [-0.1, -0.05) is 62.2 Å². The van der Waals surface area contributed by atoms with Gasteiger partial charge in [0.15, 0.2) is 0 Å². The quantitative estimate of drug-likeness (QED) is 0.360. The van der Waals surface area contributed by atoms with Gasteiger partial charge < -0.3 is 16.0 Å². The molecule has 3 aromatic carbocycles. The number of nitrogens with zero attached hydrogens (tertiary/aromatic N) is 1. The summed E-state index contributed by atoms with van der Waals surface area (Å²) in [6.45, 7) is 6.36. The Hall–Kier alpha value is -3.37. The van der Waals surface area contributed by atoms with Crippen molar-refractivity contribution in [2.75, 3.05) is 10.6 Å². The third-order valence-electron chi connectivity index (χ3n) is 7.39. The van der Waals surface area contributed by atoms with E-state index in [0.717, 1.165) is 11.1 Å². The minimum Gasteiger partial charge on any atom is -0.325 e. The summed E-state index contributed by atoms with van der Waals surface area (Å²) in [6, 6.07) is 20.5. The fourth-order valence-electron chi connectivity index (χ4n) is 5.97. The van der Waals surface area contributed by atoms with Crippen LogP contribution in [0, 0.1) is 16.7 Å². The minimum absolute atomic E-state index is 0.141. The molecule has 0 unspecified atom stereocenters. The van der Waals surface area contributed by atoms with Crippen LogP contribution in [0.4, 0.5) is 11.4 Å². The molecule has 2 heterocycles. The molecule has 4 atom stereocenters. The molecule has 8 heteroatoms. The zero-order valence-corrected chi connectivity index (χ0v) is 22.8. The Bertz CT molecular complexity index is 1460. The van der Waals surface area contributed by atoms with Gasteiger partial charge in [-0.05, 0) is 71.5 Å². The van der Waals surface area contributed by atoms with Crippen molar-refractivity contribution < 1.29 is 9.59 Å².